The second kappa shape index (κ2) is 3.22. The van der Waals surface area contributed by atoms with Gasteiger partial charge in [-0.2, -0.15) is 0 Å². The van der Waals surface area contributed by atoms with Gasteiger partial charge in [0.25, 0.3) is 0 Å². The third kappa shape index (κ3) is 1.29. The third-order valence-corrected chi connectivity index (χ3v) is 2.19. The molecule has 14 heavy (non-hydrogen) atoms. The molecule has 3 N–H and O–H groups in total. The number of nitrogen functional groups attached to an aromatic ring is 1. The van der Waals surface area contributed by atoms with Gasteiger partial charge in [0, 0.05) is 6.20 Å². The maximum Gasteiger partial charge on any atom is 0.225 e. The molecule has 2 rings (SSSR count). The third-order valence-electron chi connectivity index (χ3n) is 1.92. The van der Waals surface area contributed by atoms with Crippen LogP contribution < -0.4 is 5.73 Å². The van der Waals surface area contributed by atoms with E-state index in [2.05, 4.69) is 15.2 Å². The second-order valence-corrected chi connectivity index (χ2v) is 3.22. The van der Waals surface area contributed by atoms with Crippen molar-refractivity contribution < 1.29 is 0 Å². The van der Waals surface area contributed by atoms with Gasteiger partial charge in [0.2, 0.25) is 10.7 Å². The molecule has 0 aliphatic rings. The summed E-state index contributed by atoms with van der Waals surface area (Å²) in [6, 6.07) is 3.72. The molecular formula is C8H9N5S. The van der Waals surface area contributed by atoms with Crippen molar-refractivity contribution in [2.45, 2.75) is 6.92 Å². The van der Waals surface area contributed by atoms with Gasteiger partial charge in [0.1, 0.15) is 0 Å². The minimum atomic E-state index is 0.339. The summed E-state index contributed by atoms with van der Waals surface area (Å²) < 4.78 is 2.12. The van der Waals surface area contributed by atoms with Crippen LogP contribution in [-0.4, -0.2) is 19.7 Å². The van der Waals surface area contributed by atoms with Gasteiger partial charge in [-0.05, 0) is 31.3 Å². The highest BCUT2D eigenvalue weighted by Crippen LogP contribution is 2.14. The Hall–Kier alpha value is -1.69. The summed E-state index contributed by atoms with van der Waals surface area (Å²) in [6.45, 7) is 1.89. The average molecular weight is 207 g/mol. The summed E-state index contributed by atoms with van der Waals surface area (Å²) in [5.41, 5.74) is 7.38. The van der Waals surface area contributed by atoms with Crippen LogP contribution in [0.3, 0.4) is 0 Å². The van der Waals surface area contributed by atoms with E-state index in [-0.39, 0.29) is 0 Å². The first kappa shape index (κ1) is 8.89. The molecule has 5 nitrogen and oxygen atoms in total. The molecular weight excluding hydrogens is 198 g/mol. The highest BCUT2D eigenvalue weighted by molar-refractivity contribution is 7.71. The molecule has 0 atom stereocenters. The van der Waals surface area contributed by atoms with Crippen LogP contribution in [0.4, 0.5) is 5.95 Å². The van der Waals surface area contributed by atoms with Crippen LogP contribution in [0.25, 0.3) is 5.69 Å². The van der Waals surface area contributed by atoms with E-state index in [1.807, 2.05) is 19.1 Å². The summed E-state index contributed by atoms with van der Waals surface area (Å²) in [5.74, 6) is 0.339. The zero-order valence-electron chi connectivity index (χ0n) is 7.56. The molecule has 72 valence electrons. The van der Waals surface area contributed by atoms with Gasteiger partial charge < -0.3 is 5.73 Å². The number of hydrogen-bond donors (Lipinski definition) is 2. The Morgan fingerprint density at radius 2 is 2.36 bits per heavy atom. The predicted octanol–water partition coefficient (Wildman–Crippen LogP) is 1.22. The Kier molecular flexibility index (Phi) is 2.05. The zero-order valence-corrected chi connectivity index (χ0v) is 8.38. The number of nitrogens with zero attached hydrogens (tertiary/aromatic N) is 3. The SMILES string of the molecule is Cc1ncccc1-n1c(N)n[nH]c1=S. The average Bonchev–Trinajstić information content (AvgIpc) is 2.48. The smallest absolute Gasteiger partial charge is 0.225 e. The summed E-state index contributed by atoms with van der Waals surface area (Å²) in [5, 5.41) is 6.46. The lowest BCUT2D eigenvalue weighted by Gasteiger charge is -2.05. The van der Waals surface area contributed by atoms with Gasteiger partial charge in [0.15, 0.2) is 0 Å². The van der Waals surface area contributed by atoms with E-state index in [9.17, 15) is 0 Å². The van der Waals surface area contributed by atoms with Crippen molar-refractivity contribution in [1.29, 1.82) is 0 Å². The van der Waals surface area contributed by atoms with Gasteiger partial charge in [-0.25, -0.2) is 5.10 Å². The molecule has 0 bridgehead atoms. The fourth-order valence-electron chi connectivity index (χ4n) is 1.25. The number of anilines is 1. The van der Waals surface area contributed by atoms with Crippen LogP contribution >= 0.6 is 12.2 Å². The molecule has 2 aromatic heterocycles. The Morgan fingerprint density at radius 3 is 2.93 bits per heavy atom. The van der Waals surface area contributed by atoms with E-state index >= 15 is 0 Å². The number of rotatable bonds is 1. The molecule has 6 heteroatoms. The number of aromatic amines is 1. The van der Waals surface area contributed by atoms with Crippen molar-refractivity contribution in [3.05, 3.63) is 28.8 Å². The van der Waals surface area contributed by atoms with Crippen LogP contribution in [0.15, 0.2) is 18.3 Å². The number of aryl methyl sites for hydroxylation is 1. The van der Waals surface area contributed by atoms with E-state index in [1.54, 1.807) is 10.8 Å². The normalized spacial score (nSPS) is 10.4. The van der Waals surface area contributed by atoms with Gasteiger partial charge in [-0.3, -0.25) is 9.55 Å². The van der Waals surface area contributed by atoms with Crippen molar-refractivity contribution in [3.8, 4) is 5.69 Å². The number of nitrogens with two attached hydrogens (primary N) is 1. The molecule has 0 aliphatic heterocycles. The van der Waals surface area contributed by atoms with Gasteiger partial charge >= 0.3 is 0 Å². The minimum absolute atomic E-state index is 0.339. The molecule has 0 aromatic carbocycles. The lowest BCUT2D eigenvalue weighted by molar-refractivity contribution is 0.997. The molecule has 0 saturated heterocycles. The zero-order chi connectivity index (χ0) is 10.1. The molecule has 0 aliphatic carbocycles. The van der Waals surface area contributed by atoms with Crippen molar-refractivity contribution in [3.63, 3.8) is 0 Å². The number of pyridine rings is 1. The van der Waals surface area contributed by atoms with Crippen molar-refractivity contribution in [1.82, 2.24) is 19.7 Å². The highest BCUT2D eigenvalue weighted by Gasteiger charge is 2.06. The maximum atomic E-state index is 5.67. The van der Waals surface area contributed by atoms with E-state index in [0.29, 0.717) is 10.7 Å². The fraction of sp³-hybridized carbons (Fsp3) is 0.125. The van der Waals surface area contributed by atoms with Crippen LogP contribution in [0.5, 0.6) is 0 Å². The second-order valence-electron chi connectivity index (χ2n) is 2.83. The van der Waals surface area contributed by atoms with Crippen LogP contribution in [-0.2, 0) is 0 Å². The standard InChI is InChI=1S/C8H9N5S/c1-5-6(3-2-4-10-5)13-7(9)11-12-8(13)14/h2-4H,1H3,(H2,9,11)(H,12,14). The largest absolute Gasteiger partial charge is 0.368 e. The Bertz CT molecular complexity index is 512. The molecule has 2 heterocycles. The van der Waals surface area contributed by atoms with Crippen LogP contribution in [0.2, 0.25) is 0 Å². The van der Waals surface area contributed by atoms with E-state index in [4.69, 9.17) is 18.0 Å². The molecule has 0 saturated carbocycles. The maximum absolute atomic E-state index is 5.67. The molecule has 0 fully saturated rings. The van der Waals surface area contributed by atoms with Crippen LogP contribution in [0, 0.1) is 11.7 Å². The first-order valence-electron chi connectivity index (χ1n) is 4.05. The Balaban J connectivity index is 2.72. The Labute approximate surface area is 85.6 Å². The summed E-state index contributed by atoms with van der Waals surface area (Å²) >= 11 is 5.05. The van der Waals surface area contributed by atoms with E-state index in [1.165, 1.54) is 0 Å². The number of nitrogens with one attached hydrogen (secondary N) is 1. The molecule has 0 amide bonds. The lowest BCUT2D eigenvalue weighted by atomic mass is 10.3. The number of hydrogen-bond acceptors (Lipinski definition) is 4. The monoisotopic (exact) mass is 207 g/mol. The highest BCUT2D eigenvalue weighted by atomic mass is 32.1. The predicted molar refractivity (Wildman–Crippen MR) is 55.7 cm³/mol. The van der Waals surface area contributed by atoms with Crippen molar-refractivity contribution in [2.75, 3.05) is 5.73 Å². The minimum Gasteiger partial charge on any atom is -0.368 e. The van der Waals surface area contributed by atoms with E-state index in [0.717, 1.165) is 11.4 Å². The summed E-state index contributed by atoms with van der Waals surface area (Å²) in [4.78, 5) is 4.15. The van der Waals surface area contributed by atoms with Crippen LogP contribution in [0.1, 0.15) is 5.69 Å². The topological polar surface area (TPSA) is 72.5 Å². The lowest BCUT2D eigenvalue weighted by Crippen LogP contribution is -2.03. The Morgan fingerprint density at radius 1 is 1.57 bits per heavy atom. The first-order chi connectivity index (χ1) is 6.70. The summed E-state index contributed by atoms with van der Waals surface area (Å²) in [6.07, 6.45) is 1.72. The fourth-order valence-corrected chi connectivity index (χ4v) is 1.49. The van der Waals surface area contributed by atoms with Crippen molar-refractivity contribution >= 4 is 18.2 Å². The van der Waals surface area contributed by atoms with Gasteiger partial charge in [0.05, 0.1) is 11.4 Å². The number of aromatic nitrogens is 4. The van der Waals surface area contributed by atoms with Gasteiger partial charge in [-0.15, -0.1) is 5.10 Å². The quantitative estimate of drug-likeness (QED) is 0.689. The van der Waals surface area contributed by atoms with Crippen molar-refractivity contribution in [2.24, 2.45) is 0 Å². The molecule has 0 radical (unpaired) electrons. The van der Waals surface area contributed by atoms with E-state index < -0.39 is 0 Å². The van der Waals surface area contributed by atoms with Gasteiger partial charge in [-0.1, -0.05) is 0 Å². The molecule has 0 spiro atoms. The summed E-state index contributed by atoms with van der Waals surface area (Å²) in [7, 11) is 0. The first-order valence-corrected chi connectivity index (χ1v) is 4.46. The molecule has 0 unspecified atom stereocenters. The number of H-pyrrole nitrogens is 1. The molecule has 2 aromatic rings.